The molecule has 3 rings (SSSR count). The standard InChI is InChI=1S/C20H31N3O2/c1-25-16-20(9-10-21-15-20)19(24)22-13-17-5-7-18(8-6-17)14-23-11-3-2-4-12-23/h5-8,21H,2-4,9-16H2,1H3,(H,22,24). The Morgan fingerprint density at radius 3 is 2.56 bits per heavy atom. The molecule has 1 aromatic carbocycles. The highest BCUT2D eigenvalue weighted by Gasteiger charge is 2.41. The molecule has 1 atom stereocenters. The van der Waals surface area contributed by atoms with E-state index < -0.39 is 5.41 Å². The van der Waals surface area contributed by atoms with Crippen molar-refractivity contribution >= 4 is 5.91 Å². The first-order valence-electron chi connectivity index (χ1n) is 9.50. The van der Waals surface area contributed by atoms with E-state index in [2.05, 4.69) is 39.8 Å². The number of methoxy groups -OCH3 is 1. The van der Waals surface area contributed by atoms with Crippen molar-refractivity contribution in [1.82, 2.24) is 15.5 Å². The van der Waals surface area contributed by atoms with Gasteiger partial charge in [0.15, 0.2) is 0 Å². The van der Waals surface area contributed by atoms with Crippen molar-refractivity contribution in [1.29, 1.82) is 0 Å². The topological polar surface area (TPSA) is 53.6 Å². The molecule has 25 heavy (non-hydrogen) atoms. The van der Waals surface area contributed by atoms with Crippen LogP contribution in [0.2, 0.25) is 0 Å². The summed E-state index contributed by atoms with van der Waals surface area (Å²) in [5, 5.41) is 6.38. The molecule has 2 fully saturated rings. The lowest BCUT2D eigenvalue weighted by Gasteiger charge is -2.26. The number of likely N-dealkylation sites (tertiary alicyclic amines) is 1. The van der Waals surface area contributed by atoms with Gasteiger partial charge in [0.1, 0.15) is 0 Å². The Balaban J connectivity index is 1.50. The fraction of sp³-hybridized carbons (Fsp3) is 0.650. The Bertz CT molecular complexity index is 547. The maximum Gasteiger partial charge on any atom is 0.230 e. The first-order chi connectivity index (χ1) is 12.2. The predicted octanol–water partition coefficient (Wildman–Crippen LogP) is 1.91. The van der Waals surface area contributed by atoms with Crippen LogP contribution in [0, 0.1) is 5.41 Å². The second-order valence-electron chi connectivity index (χ2n) is 7.48. The van der Waals surface area contributed by atoms with Crippen LogP contribution in [-0.4, -0.2) is 50.7 Å². The van der Waals surface area contributed by atoms with Crippen LogP contribution in [0.4, 0.5) is 0 Å². The van der Waals surface area contributed by atoms with Gasteiger partial charge in [0.2, 0.25) is 5.91 Å². The minimum atomic E-state index is -0.414. The molecule has 0 spiro atoms. The average Bonchev–Trinajstić information content (AvgIpc) is 3.12. The van der Waals surface area contributed by atoms with E-state index in [0.717, 1.165) is 25.1 Å². The zero-order valence-electron chi connectivity index (χ0n) is 15.4. The second-order valence-corrected chi connectivity index (χ2v) is 7.48. The van der Waals surface area contributed by atoms with Crippen LogP contribution in [0.5, 0.6) is 0 Å². The highest BCUT2D eigenvalue weighted by molar-refractivity contribution is 5.83. The zero-order valence-corrected chi connectivity index (χ0v) is 15.4. The predicted molar refractivity (Wildman–Crippen MR) is 99.2 cm³/mol. The largest absolute Gasteiger partial charge is 0.384 e. The van der Waals surface area contributed by atoms with E-state index in [0.29, 0.717) is 19.7 Å². The van der Waals surface area contributed by atoms with Crippen LogP contribution in [0.1, 0.15) is 36.8 Å². The number of benzene rings is 1. The number of amides is 1. The number of ether oxygens (including phenoxy) is 1. The third kappa shape index (κ3) is 4.81. The number of hydrogen-bond acceptors (Lipinski definition) is 4. The molecule has 138 valence electrons. The van der Waals surface area contributed by atoms with Crippen LogP contribution in [0.15, 0.2) is 24.3 Å². The van der Waals surface area contributed by atoms with Gasteiger partial charge in [-0.1, -0.05) is 30.7 Å². The quantitative estimate of drug-likeness (QED) is 0.793. The summed E-state index contributed by atoms with van der Waals surface area (Å²) < 4.78 is 5.28. The molecule has 0 saturated carbocycles. The number of rotatable bonds is 7. The van der Waals surface area contributed by atoms with E-state index in [1.165, 1.54) is 37.9 Å². The smallest absolute Gasteiger partial charge is 0.230 e. The number of carbonyl (C=O) groups excluding carboxylic acids is 1. The van der Waals surface area contributed by atoms with Crippen LogP contribution in [-0.2, 0) is 22.6 Å². The van der Waals surface area contributed by atoms with Gasteiger partial charge in [0, 0.05) is 26.7 Å². The molecule has 2 N–H and O–H groups in total. The first-order valence-corrected chi connectivity index (χ1v) is 9.50. The van der Waals surface area contributed by atoms with Gasteiger partial charge in [-0.05, 0) is 50.0 Å². The summed E-state index contributed by atoms with van der Waals surface area (Å²) in [4.78, 5) is 15.2. The maximum absolute atomic E-state index is 12.6. The molecule has 2 aliphatic heterocycles. The van der Waals surface area contributed by atoms with Crippen molar-refractivity contribution in [2.24, 2.45) is 5.41 Å². The molecule has 1 unspecified atom stereocenters. The lowest BCUT2D eigenvalue weighted by atomic mass is 9.87. The van der Waals surface area contributed by atoms with Crippen LogP contribution >= 0.6 is 0 Å². The van der Waals surface area contributed by atoms with Crippen molar-refractivity contribution in [3.8, 4) is 0 Å². The van der Waals surface area contributed by atoms with Crippen LogP contribution in [0.3, 0.4) is 0 Å². The summed E-state index contributed by atoms with van der Waals surface area (Å²) >= 11 is 0. The number of hydrogen-bond donors (Lipinski definition) is 2. The summed E-state index contributed by atoms with van der Waals surface area (Å²) in [5.41, 5.74) is 2.09. The Morgan fingerprint density at radius 1 is 1.20 bits per heavy atom. The van der Waals surface area contributed by atoms with Crippen LogP contribution < -0.4 is 10.6 Å². The number of nitrogens with zero attached hydrogens (tertiary/aromatic N) is 1. The monoisotopic (exact) mass is 345 g/mol. The van der Waals surface area contributed by atoms with E-state index >= 15 is 0 Å². The third-order valence-corrected chi connectivity index (χ3v) is 5.48. The van der Waals surface area contributed by atoms with Gasteiger partial charge in [-0.2, -0.15) is 0 Å². The van der Waals surface area contributed by atoms with Gasteiger partial charge in [0.05, 0.1) is 12.0 Å². The fourth-order valence-corrected chi connectivity index (χ4v) is 3.91. The summed E-state index contributed by atoms with van der Waals surface area (Å²) in [6.45, 7) is 6.09. The minimum Gasteiger partial charge on any atom is -0.384 e. The number of piperidine rings is 1. The molecule has 2 saturated heterocycles. The summed E-state index contributed by atoms with van der Waals surface area (Å²) in [5.74, 6) is 0.0942. The summed E-state index contributed by atoms with van der Waals surface area (Å²) in [7, 11) is 1.66. The maximum atomic E-state index is 12.6. The van der Waals surface area contributed by atoms with Crippen molar-refractivity contribution in [2.75, 3.05) is 39.9 Å². The molecule has 1 amide bonds. The van der Waals surface area contributed by atoms with E-state index in [-0.39, 0.29) is 5.91 Å². The Labute approximate surface area is 151 Å². The molecule has 0 aliphatic carbocycles. The fourth-order valence-electron chi connectivity index (χ4n) is 3.91. The van der Waals surface area contributed by atoms with Gasteiger partial charge >= 0.3 is 0 Å². The van der Waals surface area contributed by atoms with Crippen molar-refractivity contribution < 1.29 is 9.53 Å². The molecular formula is C20H31N3O2. The lowest BCUT2D eigenvalue weighted by Crippen LogP contribution is -2.45. The van der Waals surface area contributed by atoms with Crippen LogP contribution in [0.25, 0.3) is 0 Å². The summed E-state index contributed by atoms with van der Waals surface area (Å²) in [6.07, 6.45) is 4.85. The SMILES string of the molecule is COCC1(C(=O)NCc2ccc(CN3CCCCC3)cc2)CCNC1. The van der Waals surface area contributed by atoms with Gasteiger partial charge in [-0.25, -0.2) is 0 Å². The zero-order chi connectivity index (χ0) is 17.5. The molecule has 5 nitrogen and oxygen atoms in total. The molecule has 1 aromatic rings. The summed E-state index contributed by atoms with van der Waals surface area (Å²) in [6, 6.07) is 8.65. The van der Waals surface area contributed by atoms with E-state index in [1.807, 2.05) is 0 Å². The van der Waals surface area contributed by atoms with E-state index in [1.54, 1.807) is 7.11 Å². The van der Waals surface area contributed by atoms with E-state index in [9.17, 15) is 4.79 Å². The Kier molecular flexibility index (Phi) is 6.45. The number of carbonyl (C=O) groups is 1. The number of nitrogens with one attached hydrogen (secondary N) is 2. The molecule has 0 radical (unpaired) electrons. The van der Waals surface area contributed by atoms with Gasteiger partial charge in [0.25, 0.3) is 0 Å². The van der Waals surface area contributed by atoms with Crippen molar-refractivity contribution in [3.63, 3.8) is 0 Å². The van der Waals surface area contributed by atoms with Gasteiger partial charge in [-0.3, -0.25) is 9.69 Å². The third-order valence-electron chi connectivity index (χ3n) is 5.48. The van der Waals surface area contributed by atoms with Gasteiger partial charge in [-0.15, -0.1) is 0 Å². The normalized spacial score (nSPS) is 24.4. The Hall–Kier alpha value is -1.43. The molecule has 5 heteroatoms. The second kappa shape index (κ2) is 8.79. The molecule has 0 aromatic heterocycles. The molecule has 2 heterocycles. The average molecular weight is 345 g/mol. The minimum absolute atomic E-state index is 0.0942. The van der Waals surface area contributed by atoms with Gasteiger partial charge < -0.3 is 15.4 Å². The van der Waals surface area contributed by atoms with Crippen molar-refractivity contribution in [2.45, 2.75) is 38.8 Å². The first kappa shape index (κ1) is 18.4. The molecule has 2 aliphatic rings. The Morgan fingerprint density at radius 2 is 1.92 bits per heavy atom. The highest BCUT2D eigenvalue weighted by atomic mass is 16.5. The lowest BCUT2D eigenvalue weighted by molar-refractivity contribution is -0.133. The molecular weight excluding hydrogens is 314 g/mol. The highest BCUT2D eigenvalue weighted by Crippen LogP contribution is 2.26. The van der Waals surface area contributed by atoms with E-state index in [4.69, 9.17) is 4.74 Å². The molecule has 0 bridgehead atoms. The van der Waals surface area contributed by atoms with Crippen molar-refractivity contribution in [3.05, 3.63) is 35.4 Å².